The minimum Gasteiger partial charge on any atom is -0.487 e. The average molecular weight is 493 g/mol. The minimum absolute atomic E-state index is 0.0316. The fourth-order valence-corrected chi connectivity index (χ4v) is 5.68. The molecule has 0 saturated carbocycles. The van der Waals surface area contributed by atoms with Crippen LogP contribution in [0.15, 0.2) is 29.8 Å². The summed E-state index contributed by atoms with van der Waals surface area (Å²) in [5, 5.41) is 0. The van der Waals surface area contributed by atoms with Gasteiger partial charge in [-0.15, -0.1) is 0 Å². The minimum atomic E-state index is -4.41. The van der Waals surface area contributed by atoms with E-state index in [1.54, 1.807) is 0 Å². The Hall–Kier alpha value is -1.78. The predicted molar refractivity (Wildman–Crippen MR) is 136 cm³/mol. The smallest absolute Gasteiger partial charge is 0.394 e. The number of halogens is 3. The van der Waals surface area contributed by atoms with Gasteiger partial charge in [0.15, 0.2) is 5.78 Å². The van der Waals surface area contributed by atoms with Crippen LogP contribution in [0.3, 0.4) is 0 Å². The third kappa shape index (κ3) is 5.97. The molecule has 0 aromatic heterocycles. The zero-order valence-electron chi connectivity index (χ0n) is 22.6. The van der Waals surface area contributed by atoms with Crippen LogP contribution in [0.4, 0.5) is 13.2 Å². The fourth-order valence-electron chi connectivity index (χ4n) is 5.68. The number of carbonyl (C=O) groups excluding carboxylic acids is 1. The second kappa shape index (κ2) is 9.94. The third-order valence-electron chi connectivity index (χ3n) is 8.39. The number of ketones is 1. The summed E-state index contributed by atoms with van der Waals surface area (Å²) in [6.45, 7) is 13.2. The molecule has 0 saturated heterocycles. The van der Waals surface area contributed by atoms with Crippen molar-refractivity contribution in [2.75, 3.05) is 0 Å². The summed E-state index contributed by atoms with van der Waals surface area (Å²) in [4.78, 5) is 12.9. The Bertz CT molecular complexity index is 953. The van der Waals surface area contributed by atoms with E-state index in [0.717, 1.165) is 31.6 Å². The molecule has 0 bridgehead atoms. The molecule has 1 heterocycles. The highest BCUT2D eigenvalue weighted by molar-refractivity contribution is 5.96. The summed E-state index contributed by atoms with van der Waals surface area (Å²) in [6, 6.07) is 6.49. The van der Waals surface area contributed by atoms with Gasteiger partial charge in [0.05, 0.1) is 5.41 Å². The number of Topliss-reactive ketones (excluding diaryl/α,β-unsaturated/α-hetero) is 1. The van der Waals surface area contributed by atoms with Gasteiger partial charge in [-0.3, -0.25) is 4.79 Å². The Morgan fingerprint density at radius 1 is 1.09 bits per heavy atom. The summed E-state index contributed by atoms with van der Waals surface area (Å²) in [6.07, 6.45) is 4.06. The highest BCUT2D eigenvalue weighted by atomic mass is 19.4. The molecule has 0 unspecified atom stereocenters. The van der Waals surface area contributed by atoms with Crippen LogP contribution in [0.2, 0.25) is 0 Å². The summed E-state index contributed by atoms with van der Waals surface area (Å²) in [5.41, 5.74) is 0.436. The second-order valence-electron chi connectivity index (χ2n) is 12.5. The first-order valence-electron chi connectivity index (χ1n) is 13.2. The largest absolute Gasteiger partial charge is 0.487 e. The van der Waals surface area contributed by atoms with Crippen LogP contribution in [-0.4, -0.2) is 17.6 Å². The molecule has 1 aromatic rings. The lowest BCUT2D eigenvalue weighted by Crippen LogP contribution is -2.46. The first-order valence-corrected chi connectivity index (χ1v) is 13.2. The Morgan fingerprint density at radius 3 is 2.40 bits per heavy atom. The van der Waals surface area contributed by atoms with Gasteiger partial charge >= 0.3 is 6.18 Å². The Kier molecular flexibility index (Phi) is 7.89. The van der Waals surface area contributed by atoms with E-state index >= 15 is 0 Å². The first kappa shape index (κ1) is 27.8. The maximum Gasteiger partial charge on any atom is 0.394 e. The zero-order chi connectivity index (χ0) is 26.2. The SMILES string of the molecule is CCCCCCC(C)(C)c1ccc2c(c1)OC(C)(C)[C@@H]1CC=C(C(=O)CC(C)(C)C(F)(F)F)C[C@@H]21. The van der Waals surface area contributed by atoms with Crippen molar-refractivity contribution in [3.05, 3.63) is 41.0 Å². The van der Waals surface area contributed by atoms with Crippen LogP contribution >= 0.6 is 0 Å². The molecule has 1 aliphatic carbocycles. The molecule has 5 heteroatoms. The van der Waals surface area contributed by atoms with Crippen molar-refractivity contribution in [2.24, 2.45) is 11.3 Å². The van der Waals surface area contributed by atoms with E-state index in [-0.39, 0.29) is 23.0 Å². The number of carbonyl (C=O) groups is 1. The van der Waals surface area contributed by atoms with E-state index in [2.05, 4.69) is 52.8 Å². The molecule has 1 aromatic carbocycles. The number of fused-ring (bicyclic) bond motifs is 3. The lowest BCUT2D eigenvalue weighted by atomic mass is 9.66. The maximum absolute atomic E-state index is 13.4. The standard InChI is InChI=1S/C30H43F3O2/c1-8-9-10-11-16-27(2,3)21-13-14-22-23-17-20(25(34)19-28(4,5)30(31,32)33)12-15-24(23)29(6,7)35-26(22)18-21/h12-14,18,23-24H,8-11,15-17,19H2,1-7H3/t23-,24+/m0/s1. The molecule has 0 N–H and O–H groups in total. The average Bonchev–Trinajstić information content (AvgIpc) is 2.74. The van der Waals surface area contributed by atoms with Crippen molar-refractivity contribution < 1.29 is 22.7 Å². The topological polar surface area (TPSA) is 26.3 Å². The van der Waals surface area contributed by atoms with Crippen LogP contribution < -0.4 is 4.74 Å². The van der Waals surface area contributed by atoms with Crippen molar-refractivity contribution in [1.82, 2.24) is 0 Å². The van der Waals surface area contributed by atoms with E-state index < -0.39 is 23.6 Å². The van der Waals surface area contributed by atoms with Gasteiger partial charge in [-0.25, -0.2) is 0 Å². The van der Waals surface area contributed by atoms with E-state index in [9.17, 15) is 18.0 Å². The van der Waals surface area contributed by atoms with E-state index in [1.807, 2.05) is 6.08 Å². The van der Waals surface area contributed by atoms with Crippen molar-refractivity contribution in [2.45, 2.75) is 123 Å². The van der Waals surface area contributed by atoms with Gasteiger partial charge in [0, 0.05) is 12.3 Å². The van der Waals surface area contributed by atoms with Crippen molar-refractivity contribution in [1.29, 1.82) is 0 Å². The van der Waals surface area contributed by atoms with Gasteiger partial charge < -0.3 is 4.74 Å². The normalized spacial score (nSPS) is 22.1. The molecule has 196 valence electrons. The molecular formula is C30H43F3O2. The van der Waals surface area contributed by atoms with Gasteiger partial charge in [0.2, 0.25) is 0 Å². The van der Waals surface area contributed by atoms with Gasteiger partial charge in [-0.2, -0.15) is 13.2 Å². The molecule has 2 aliphatic rings. The zero-order valence-corrected chi connectivity index (χ0v) is 22.6. The van der Waals surface area contributed by atoms with E-state index in [1.165, 1.54) is 31.2 Å². The number of benzene rings is 1. The van der Waals surface area contributed by atoms with Crippen LogP contribution in [0.5, 0.6) is 5.75 Å². The van der Waals surface area contributed by atoms with Gasteiger partial charge in [0.25, 0.3) is 0 Å². The molecule has 0 fully saturated rings. The quantitative estimate of drug-likeness (QED) is 0.321. The van der Waals surface area contributed by atoms with Crippen LogP contribution in [0.1, 0.15) is 117 Å². The monoisotopic (exact) mass is 492 g/mol. The Labute approximate surface area is 209 Å². The summed E-state index contributed by atoms with van der Waals surface area (Å²) < 4.78 is 46.7. The highest BCUT2D eigenvalue weighted by Crippen LogP contribution is 2.53. The predicted octanol–water partition coefficient (Wildman–Crippen LogP) is 9.07. The van der Waals surface area contributed by atoms with Crippen LogP contribution in [-0.2, 0) is 10.2 Å². The number of ether oxygens (including phenoxy) is 1. The molecule has 0 radical (unpaired) electrons. The molecule has 1 aliphatic heterocycles. The number of allylic oxidation sites excluding steroid dienone is 2. The maximum atomic E-state index is 13.4. The lowest BCUT2D eigenvalue weighted by Gasteiger charge is -2.47. The summed E-state index contributed by atoms with van der Waals surface area (Å²) in [7, 11) is 0. The van der Waals surface area contributed by atoms with Crippen molar-refractivity contribution in [3.63, 3.8) is 0 Å². The Balaban J connectivity index is 1.84. The summed E-state index contributed by atoms with van der Waals surface area (Å²) >= 11 is 0. The molecule has 2 atom stereocenters. The molecule has 2 nitrogen and oxygen atoms in total. The molecule has 0 spiro atoms. The molecular weight excluding hydrogens is 449 g/mol. The van der Waals surface area contributed by atoms with Gasteiger partial charge in [-0.05, 0) is 67.2 Å². The number of rotatable bonds is 9. The molecule has 3 rings (SSSR count). The lowest BCUT2D eigenvalue weighted by molar-refractivity contribution is -0.213. The fraction of sp³-hybridized carbons (Fsp3) is 0.700. The first-order chi connectivity index (χ1) is 16.1. The molecule has 35 heavy (non-hydrogen) atoms. The highest BCUT2D eigenvalue weighted by Gasteiger charge is 2.50. The van der Waals surface area contributed by atoms with Gasteiger partial charge in [-0.1, -0.05) is 78.5 Å². The van der Waals surface area contributed by atoms with E-state index in [4.69, 9.17) is 4.74 Å². The van der Waals surface area contributed by atoms with Crippen LogP contribution in [0.25, 0.3) is 0 Å². The summed E-state index contributed by atoms with van der Waals surface area (Å²) in [5.74, 6) is 0.713. The number of alkyl halides is 3. The number of unbranched alkanes of at least 4 members (excludes halogenated alkanes) is 3. The van der Waals surface area contributed by atoms with E-state index in [0.29, 0.717) is 18.4 Å². The number of hydrogen-bond acceptors (Lipinski definition) is 2. The Morgan fingerprint density at radius 2 is 1.77 bits per heavy atom. The van der Waals surface area contributed by atoms with Crippen molar-refractivity contribution in [3.8, 4) is 5.75 Å². The van der Waals surface area contributed by atoms with Gasteiger partial charge in [0.1, 0.15) is 11.4 Å². The number of hydrogen-bond donors (Lipinski definition) is 0. The third-order valence-corrected chi connectivity index (χ3v) is 8.39. The van der Waals surface area contributed by atoms with Crippen LogP contribution in [0, 0.1) is 11.3 Å². The molecule has 0 amide bonds. The van der Waals surface area contributed by atoms with Crippen molar-refractivity contribution >= 4 is 5.78 Å². The second-order valence-corrected chi connectivity index (χ2v) is 12.5.